The lowest BCUT2D eigenvalue weighted by molar-refractivity contribution is 0.180. The Morgan fingerprint density at radius 1 is 1.00 bits per heavy atom. The molecule has 9 heteroatoms. The molecular weight excluding hydrogens is 469 g/mol. The normalized spacial score (nSPS) is 14.3. The van der Waals surface area contributed by atoms with Gasteiger partial charge in [-0.1, -0.05) is 12.1 Å². The minimum Gasteiger partial charge on any atom is -0.374 e. The Balaban J connectivity index is 1.29. The zero-order chi connectivity index (χ0) is 24.9. The van der Waals surface area contributed by atoms with Crippen molar-refractivity contribution in [2.45, 2.75) is 19.1 Å². The molecule has 1 unspecified atom stereocenters. The maximum absolute atomic E-state index is 14.5. The van der Waals surface area contributed by atoms with Crippen molar-refractivity contribution in [2.24, 2.45) is 5.92 Å². The summed E-state index contributed by atoms with van der Waals surface area (Å²) in [6.07, 6.45) is 6.61. The molecule has 0 radical (unpaired) electrons. The summed E-state index contributed by atoms with van der Waals surface area (Å²) in [5.74, 6) is -0.0196. The molecule has 1 aromatic carbocycles. The van der Waals surface area contributed by atoms with Crippen molar-refractivity contribution < 1.29 is 9.50 Å². The van der Waals surface area contributed by atoms with Crippen molar-refractivity contribution in [1.29, 1.82) is 0 Å². The number of pyridine rings is 3. The number of anilines is 1. The zero-order valence-corrected chi connectivity index (χ0v) is 19.6. The molecule has 4 N–H and O–H groups in total. The summed E-state index contributed by atoms with van der Waals surface area (Å²) in [5, 5.41) is 21.8. The van der Waals surface area contributed by atoms with Crippen LogP contribution in [0.5, 0.6) is 0 Å². The lowest BCUT2D eigenvalue weighted by Crippen LogP contribution is -2.20. The van der Waals surface area contributed by atoms with Crippen LogP contribution in [0.4, 0.5) is 10.1 Å². The fourth-order valence-corrected chi connectivity index (χ4v) is 4.66. The highest BCUT2D eigenvalue weighted by Crippen LogP contribution is 2.35. The van der Waals surface area contributed by atoms with Crippen LogP contribution >= 0.6 is 0 Å². The van der Waals surface area contributed by atoms with E-state index in [0.29, 0.717) is 28.4 Å². The number of fused-ring (bicyclic) bond motifs is 2. The fraction of sp³-hybridized carbons (Fsp3) is 0.143. The monoisotopic (exact) mass is 491 g/mol. The van der Waals surface area contributed by atoms with E-state index < -0.39 is 6.23 Å². The smallest absolute Gasteiger partial charge is 0.135 e. The van der Waals surface area contributed by atoms with Crippen LogP contribution in [0.3, 0.4) is 0 Å². The molecule has 182 valence electrons. The number of nitrogens with one attached hydrogen (secondary N) is 3. The van der Waals surface area contributed by atoms with Gasteiger partial charge in [-0.15, -0.1) is 0 Å². The number of nitrogens with zero attached hydrogens (tertiary/aromatic N) is 4. The van der Waals surface area contributed by atoms with Crippen molar-refractivity contribution in [3.05, 3.63) is 79.0 Å². The summed E-state index contributed by atoms with van der Waals surface area (Å²) in [6.45, 7) is 0. The molecule has 1 aliphatic carbocycles. The fourth-order valence-electron chi connectivity index (χ4n) is 4.66. The third-order valence-electron chi connectivity index (χ3n) is 6.76. The molecule has 1 saturated carbocycles. The van der Waals surface area contributed by atoms with E-state index in [1.54, 1.807) is 36.8 Å². The highest BCUT2D eigenvalue weighted by molar-refractivity contribution is 5.99. The van der Waals surface area contributed by atoms with Crippen LogP contribution in [0.1, 0.15) is 12.8 Å². The summed E-state index contributed by atoms with van der Waals surface area (Å²) in [4.78, 5) is 17.1. The van der Waals surface area contributed by atoms with Gasteiger partial charge in [0.1, 0.15) is 23.3 Å². The standard InChI is InChI=1S/C28H22FN7O/c29-20-4-2-1-3-18(20)25-19-12-24(33-22(19)9-10-31-25)27-26-23(35-36-27)8-7-21(34-26)16-11-17(14-30-13-16)32-28(37)15-5-6-15/h1-4,7-15,28,32-33,37H,5-6H2,(H,35,36). The van der Waals surface area contributed by atoms with Crippen LogP contribution in [0.2, 0.25) is 0 Å². The quantitative estimate of drug-likeness (QED) is 0.228. The summed E-state index contributed by atoms with van der Waals surface area (Å²) in [6, 6.07) is 16.2. The van der Waals surface area contributed by atoms with Gasteiger partial charge in [0.25, 0.3) is 0 Å². The van der Waals surface area contributed by atoms with Gasteiger partial charge in [-0.05, 0) is 55.3 Å². The molecule has 8 nitrogen and oxygen atoms in total. The summed E-state index contributed by atoms with van der Waals surface area (Å²) >= 11 is 0. The number of hydrogen-bond donors (Lipinski definition) is 4. The minimum absolute atomic E-state index is 0.303. The van der Waals surface area contributed by atoms with E-state index in [9.17, 15) is 9.50 Å². The van der Waals surface area contributed by atoms with Crippen molar-refractivity contribution >= 4 is 27.6 Å². The highest BCUT2D eigenvalue weighted by Gasteiger charge is 2.29. The molecule has 1 atom stereocenters. The predicted molar refractivity (Wildman–Crippen MR) is 140 cm³/mol. The molecule has 5 heterocycles. The highest BCUT2D eigenvalue weighted by atomic mass is 19.1. The Labute approximate surface area is 210 Å². The van der Waals surface area contributed by atoms with E-state index in [2.05, 4.69) is 30.5 Å². The van der Waals surface area contributed by atoms with Gasteiger partial charge in [-0.3, -0.25) is 15.1 Å². The van der Waals surface area contributed by atoms with Crippen LogP contribution in [0.25, 0.3) is 55.8 Å². The van der Waals surface area contributed by atoms with E-state index in [4.69, 9.17) is 4.98 Å². The summed E-state index contributed by atoms with van der Waals surface area (Å²) in [7, 11) is 0. The van der Waals surface area contributed by atoms with Crippen LogP contribution < -0.4 is 5.32 Å². The van der Waals surface area contributed by atoms with E-state index in [-0.39, 0.29) is 5.82 Å². The maximum atomic E-state index is 14.5. The topological polar surface area (TPSA) is 115 Å². The minimum atomic E-state index is -0.571. The number of aliphatic hydroxyl groups is 1. The number of aliphatic hydroxyl groups excluding tert-OH is 1. The van der Waals surface area contributed by atoms with E-state index in [1.165, 1.54) is 6.07 Å². The van der Waals surface area contributed by atoms with Gasteiger partial charge in [0.05, 0.1) is 34.5 Å². The number of halogens is 1. The molecule has 7 rings (SSSR count). The number of aromatic amines is 2. The van der Waals surface area contributed by atoms with Gasteiger partial charge < -0.3 is 15.4 Å². The van der Waals surface area contributed by atoms with Crippen LogP contribution in [-0.4, -0.2) is 41.5 Å². The van der Waals surface area contributed by atoms with Crippen molar-refractivity contribution in [1.82, 2.24) is 30.1 Å². The van der Waals surface area contributed by atoms with Gasteiger partial charge in [0.2, 0.25) is 0 Å². The Morgan fingerprint density at radius 2 is 1.89 bits per heavy atom. The lowest BCUT2D eigenvalue weighted by Gasteiger charge is -2.13. The van der Waals surface area contributed by atoms with Crippen LogP contribution in [-0.2, 0) is 0 Å². The molecule has 0 saturated heterocycles. The molecule has 6 aromatic rings. The molecule has 0 aliphatic heterocycles. The van der Waals surface area contributed by atoms with Gasteiger partial charge in [0.15, 0.2) is 0 Å². The molecular formula is C28H22FN7O. The average Bonchev–Trinajstić information content (AvgIpc) is 3.55. The van der Waals surface area contributed by atoms with E-state index in [0.717, 1.165) is 51.9 Å². The Morgan fingerprint density at radius 3 is 2.76 bits per heavy atom. The van der Waals surface area contributed by atoms with E-state index >= 15 is 0 Å². The lowest BCUT2D eigenvalue weighted by atomic mass is 10.1. The van der Waals surface area contributed by atoms with Crippen LogP contribution in [0.15, 0.2) is 73.2 Å². The first-order chi connectivity index (χ1) is 18.1. The molecule has 0 amide bonds. The first-order valence-corrected chi connectivity index (χ1v) is 12.1. The SMILES string of the molecule is OC(Nc1cncc(-c2ccc3[nH]nc(-c4cc5c(-c6ccccc6F)nccc5[nH]4)c3n2)c1)C1CC1. The summed E-state index contributed by atoms with van der Waals surface area (Å²) < 4.78 is 14.5. The molecule has 37 heavy (non-hydrogen) atoms. The second-order valence-corrected chi connectivity index (χ2v) is 9.34. The zero-order valence-electron chi connectivity index (χ0n) is 19.6. The molecule has 1 fully saturated rings. The molecule has 5 aromatic heterocycles. The molecule has 1 aliphatic rings. The largest absolute Gasteiger partial charge is 0.374 e. The van der Waals surface area contributed by atoms with Gasteiger partial charge in [-0.25, -0.2) is 9.37 Å². The predicted octanol–water partition coefficient (Wildman–Crippen LogP) is 5.51. The number of H-pyrrole nitrogens is 2. The maximum Gasteiger partial charge on any atom is 0.135 e. The van der Waals surface area contributed by atoms with Gasteiger partial charge in [-0.2, -0.15) is 5.10 Å². The Bertz CT molecular complexity index is 1770. The third-order valence-corrected chi connectivity index (χ3v) is 6.76. The number of aromatic nitrogens is 6. The first-order valence-electron chi connectivity index (χ1n) is 12.1. The molecule has 0 bridgehead atoms. The van der Waals surface area contributed by atoms with Crippen LogP contribution in [0, 0.1) is 11.7 Å². The van der Waals surface area contributed by atoms with E-state index in [1.807, 2.05) is 30.3 Å². The van der Waals surface area contributed by atoms with Gasteiger partial charge in [0, 0.05) is 40.3 Å². The number of rotatable bonds is 6. The molecule has 0 spiro atoms. The first kappa shape index (κ1) is 21.6. The summed E-state index contributed by atoms with van der Waals surface area (Å²) in [5.41, 5.74) is 7.02. The average molecular weight is 492 g/mol. The van der Waals surface area contributed by atoms with Crippen molar-refractivity contribution in [3.8, 4) is 33.9 Å². The second kappa shape index (κ2) is 8.49. The Kier molecular flexibility index (Phi) is 4.97. The van der Waals surface area contributed by atoms with Crippen molar-refractivity contribution in [2.75, 3.05) is 5.32 Å². The third kappa shape index (κ3) is 3.89. The van der Waals surface area contributed by atoms with Gasteiger partial charge >= 0.3 is 0 Å². The van der Waals surface area contributed by atoms with Crippen molar-refractivity contribution in [3.63, 3.8) is 0 Å². The number of benzene rings is 1. The second-order valence-electron chi connectivity index (χ2n) is 9.34. The Hall–Kier alpha value is -4.63. The number of hydrogen-bond acceptors (Lipinski definition) is 6.